The second kappa shape index (κ2) is 9.77. The molecule has 0 aliphatic heterocycles. The lowest BCUT2D eigenvalue weighted by atomic mass is 10.2. The zero-order chi connectivity index (χ0) is 24.1. The van der Waals surface area contributed by atoms with Crippen molar-refractivity contribution in [3.05, 3.63) is 71.3 Å². The molecule has 0 atom stereocenters. The SMILES string of the molecule is CN(C)c1ccc(/C=N\NC(=O)c2nnn(-c3nonc3N)c2COc2ccc(F)cc2)cc1. The lowest BCUT2D eigenvalue weighted by molar-refractivity contribution is 0.0947. The van der Waals surface area contributed by atoms with E-state index in [0.717, 1.165) is 11.3 Å². The van der Waals surface area contributed by atoms with Crippen LogP contribution >= 0.6 is 0 Å². The Kier molecular flexibility index (Phi) is 6.43. The number of ether oxygens (including phenoxy) is 1. The third-order valence-electron chi connectivity index (χ3n) is 4.65. The molecule has 0 bridgehead atoms. The first-order valence-electron chi connectivity index (χ1n) is 9.94. The molecule has 0 spiro atoms. The average Bonchev–Trinajstić information content (AvgIpc) is 3.44. The fourth-order valence-corrected chi connectivity index (χ4v) is 2.87. The van der Waals surface area contributed by atoms with Crippen molar-refractivity contribution in [2.75, 3.05) is 24.7 Å². The number of nitrogens with one attached hydrogen (secondary N) is 1. The molecule has 2 aromatic carbocycles. The van der Waals surface area contributed by atoms with Crippen LogP contribution in [0.2, 0.25) is 0 Å². The number of nitrogens with two attached hydrogens (primary N) is 1. The first-order chi connectivity index (χ1) is 16.4. The van der Waals surface area contributed by atoms with Crippen LogP contribution in [-0.4, -0.2) is 51.5 Å². The summed E-state index contributed by atoms with van der Waals surface area (Å²) in [6.07, 6.45) is 1.50. The van der Waals surface area contributed by atoms with Crippen LogP contribution in [0.1, 0.15) is 21.7 Å². The topological polar surface area (TPSA) is 150 Å². The highest BCUT2D eigenvalue weighted by atomic mass is 19.1. The van der Waals surface area contributed by atoms with Crippen molar-refractivity contribution in [1.29, 1.82) is 0 Å². The number of benzene rings is 2. The molecule has 0 saturated carbocycles. The van der Waals surface area contributed by atoms with Gasteiger partial charge >= 0.3 is 0 Å². The van der Waals surface area contributed by atoms with Crippen molar-refractivity contribution >= 4 is 23.6 Å². The highest BCUT2D eigenvalue weighted by Crippen LogP contribution is 2.19. The number of carbonyl (C=O) groups excluding carboxylic acids is 1. The minimum absolute atomic E-state index is 0.0359. The highest BCUT2D eigenvalue weighted by Gasteiger charge is 2.24. The van der Waals surface area contributed by atoms with Gasteiger partial charge in [-0.2, -0.15) is 9.78 Å². The van der Waals surface area contributed by atoms with Crippen LogP contribution in [0.15, 0.2) is 58.3 Å². The number of aromatic nitrogens is 5. The Bertz CT molecular complexity index is 1300. The van der Waals surface area contributed by atoms with E-state index in [1.807, 2.05) is 43.3 Å². The number of anilines is 2. The van der Waals surface area contributed by atoms with Crippen molar-refractivity contribution in [3.63, 3.8) is 0 Å². The third-order valence-corrected chi connectivity index (χ3v) is 4.65. The van der Waals surface area contributed by atoms with E-state index in [1.54, 1.807) is 0 Å². The smallest absolute Gasteiger partial charge is 0.293 e. The summed E-state index contributed by atoms with van der Waals surface area (Å²) in [6, 6.07) is 13.0. The van der Waals surface area contributed by atoms with E-state index in [4.69, 9.17) is 10.5 Å². The number of hydrogen-bond acceptors (Lipinski definition) is 10. The molecule has 0 fully saturated rings. The Morgan fingerprint density at radius 1 is 1.21 bits per heavy atom. The van der Waals surface area contributed by atoms with Gasteiger partial charge in [0.25, 0.3) is 5.91 Å². The van der Waals surface area contributed by atoms with Gasteiger partial charge in [-0.25, -0.2) is 14.4 Å². The van der Waals surface area contributed by atoms with Crippen LogP contribution in [0.4, 0.5) is 15.9 Å². The van der Waals surface area contributed by atoms with Gasteiger partial charge in [-0.05, 0) is 52.3 Å². The van der Waals surface area contributed by atoms with Crippen LogP contribution < -0.4 is 20.8 Å². The summed E-state index contributed by atoms with van der Waals surface area (Å²) in [7, 11) is 3.88. The number of nitrogens with zero attached hydrogens (tertiary/aromatic N) is 7. The lowest BCUT2D eigenvalue weighted by Gasteiger charge is -2.11. The minimum atomic E-state index is -0.639. The quantitative estimate of drug-likeness (QED) is 0.293. The normalized spacial score (nSPS) is 11.0. The Labute approximate surface area is 192 Å². The summed E-state index contributed by atoms with van der Waals surface area (Å²) >= 11 is 0. The minimum Gasteiger partial charge on any atom is -0.487 e. The van der Waals surface area contributed by atoms with E-state index in [0.29, 0.717) is 5.75 Å². The molecule has 4 aromatic rings. The van der Waals surface area contributed by atoms with Gasteiger partial charge in [0.2, 0.25) is 11.6 Å². The van der Waals surface area contributed by atoms with E-state index in [9.17, 15) is 9.18 Å². The van der Waals surface area contributed by atoms with Crippen molar-refractivity contribution in [2.24, 2.45) is 5.10 Å². The molecule has 2 aromatic heterocycles. The molecule has 0 aliphatic carbocycles. The van der Waals surface area contributed by atoms with Gasteiger partial charge in [0, 0.05) is 19.8 Å². The van der Waals surface area contributed by atoms with E-state index < -0.39 is 11.7 Å². The summed E-state index contributed by atoms with van der Waals surface area (Å²) in [6.45, 7) is -0.163. The van der Waals surface area contributed by atoms with E-state index in [-0.39, 0.29) is 29.6 Å². The molecule has 0 radical (unpaired) electrons. The summed E-state index contributed by atoms with van der Waals surface area (Å²) in [5.74, 6) is -0.700. The zero-order valence-electron chi connectivity index (χ0n) is 18.2. The second-order valence-electron chi connectivity index (χ2n) is 7.20. The standard InChI is InChI=1S/C21H20FN9O3/c1-30(2)15-7-3-13(4-8-15)11-24-26-21(32)18-17(12-33-16-9-5-14(22)6-10-16)31(29-25-18)20-19(23)27-34-28-20/h3-11H,12H2,1-2H3,(H2,23,27)(H,26,32)/b24-11-. The number of nitrogen functional groups attached to an aromatic ring is 1. The van der Waals surface area contributed by atoms with Gasteiger partial charge in [0.1, 0.15) is 23.9 Å². The summed E-state index contributed by atoms with van der Waals surface area (Å²) in [4.78, 5) is 14.8. The molecule has 2 heterocycles. The summed E-state index contributed by atoms with van der Waals surface area (Å²) in [5, 5.41) is 19.0. The van der Waals surface area contributed by atoms with Gasteiger partial charge in [-0.1, -0.05) is 17.3 Å². The van der Waals surface area contributed by atoms with Gasteiger partial charge in [-0.15, -0.1) is 5.10 Å². The number of carbonyl (C=O) groups is 1. The summed E-state index contributed by atoms with van der Waals surface area (Å²) < 4.78 is 24.6. The van der Waals surface area contributed by atoms with E-state index >= 15 is 0 Å². The first-order valence-corrected chi connectivity index (χ1v) is 9.94. The maximum atomic E-state index is 13.2. The monoisotopic (exact) mass is 465 g/mol. The van der Waals surface area contributed by atoms with E-state index in [1.165, 1.54) is 35.2 Å². The fourth-order valence-electron chi connectivity index (χ4n) is 2.87. The highest BCUT2D eigenvalue weighted by molar-refractivity contribution is 5.94. The molecule has 13 heteroatoms. The predicted octanol–water partition coefficient (Wildman–Crippen LogP) is 1.78. The number of rotatable bonds is 8. The molecule has 174 valence electrons. The van der Waals surface area contributed by atoms with Gasteiger partial charge in [0.15, 0.2) is 5.69 Å². The number of amides is 1. The van der Waals surface area contributed by atoms with Crippen LogP contribution in [0.3, 0.4) is 0 Å². The second-order valence-corrected chi connectivity index (χ2v) is 7.20. The molecule has 1 amide bonds. The van der Waals surface area contributed by atoms with Gasteiger partial charge in [-0.3, -0.25) is 4.79 Å². The van der Waals surface area contributed by atoms with Crippen LogP contribution in [-0.2, 0) is 6.61 Å². The van der Waals surface area contributed by atoms with Gasteiger partial charge < -0.3 is 15.4 Å². The number of hydrazone groups is 1. The van der Waals surface area contributed by atoms with Crippen molar-refractivity contribution in [3.8, 4) is 11.6 Å². The first kappa shape index (κ1) is 22.4. The third kappa shape index (κ3) is 4.98. The molecule has 4 rings (SSSR count). The largest absolute Gasteiger partial charge is 0.487 e. The molecule has 0 unspecified atom stereocenters. The maximum Gasteiger partial charge on any atom is 0.293 e. The number of halogens is 1. The molecule has 34 heavy (non-hydrogen) atoms. The Morgan fingerprint density at radius 2 is 1.94 bits per heavy atom. The molecule has 12 nitrogen and oxygen atoms in total. The Morgan fingerprint density at radius 3 is 2.59 bits per heavy atom. The van der Waals surface area contributed by atoms with Crippen molar-refractivity contribution in [1.82, 2.24) is 30.7 Å². The summed E-state index contributed by atoms with van der Waals surface area (Å²) in [5.41, 5.74) is 10.1. The van der Waals surface area contributed by atoms with E-state index in [2.05, 4.69) is 35.8 Å². The average molecular weight is 465 g/mol. The molecule has 3 N–H and O–H groups in total. The molecule has 0 saturated heterocycles. The van der Waals surface area contributed by atoms with Gasteiger partial charge in [0.05, 0.1) is 6.21 Å². The molecular formula is C21H20FN9O3. The molecular weight excluding hydrogens is 445 g/mol. The molecule has 0 aliphatic rings. The Balaban J connectivity index is 1.53. The number of hydrogen-bond donors (Lipinski definition) is 2. The maximum absolute atomic E-state index is 13.2. The van der Waals surface area contributed by atoms with Crippen LogP contribution in [0, 0.1) is 5.82 Å². The van der Waals surface area contributed by atoms with Crippen LogP contribution in [0.5, 0.6) is 5.75 Å². The zero-order valence-corrected chi connectivity index (χ0v) is 18.2. The van der Waals surface area contributed by atoms with Crippen LogP contribution in [0.25, 0.3) is 5.82 Å². The lowest BCUT2D eigenvalue weighted by Crippen LogP contribution is -2.21. The fraction of sp³-hybridized carbons (Fsp3) is 0.143. The van der Waals surface area contributed by atoms with Crippen molar-refractivity contribution < 1.29 is 18.6 Å². The predicted molar refractivity (Wildman–Crippen MR) is 120 cm³/mol. The van der Waals surface area contributed by atoms with Crippen molar-refractivity contribution in [2.45, 2.75) is 6.61 Å². The Hall–Kier alpha value is -4.81.